The summed E-state index contributed by atoms with van der Waals surface area (Å²) in [5.74, 6) is -1.08. The summed E-state index contributed by atoms with van der Waals surface area (Å²) in [6, 6.07) is 26.8. The van der Waals surface area contributed by atoms with Crippen molar-refractivity contribution in [2.75, 3.05) is 0 Å². The molecule has 0 saturated heterocycles. The van der Waals surface area contributed by atoms with Crippen LogP contribution in [0.1, 0.15) is 17.2 Å². The van der Waals surface area contributed by atoms with Gasteiger partial charge in [0.05, 0.1) is 29.1 Å². The Kier molecular flexibility index (Phi) is 4.52. The van der Waals surface area contributed by atoms with Gasteiger partial charge in [-0.25, -0.2) is 4.98 Å². The van der Waals surface area contributed by atoms with Crippen LogP contribution in [0.15, 0.2) is 66.7 Å². The number of nitrogens with zero attached hydrogens (tertiary/aromatic N) is 4. The lowest BCUT2D eigenvalue weighted by atomic mass is 9.94. The number of hydrogen-bond donors (Lipinski definition) is 0. The smallest absolute Gasteiger partial charge is 0.176 e. The molecule has 3 rings (SSSR count). The molecule has 0 unspecified atom stereocenters. The van der Waals surface area contributed by atoms with E-state index in [0.717, 1.165) is 16.7 Å². The Balaban J connectivity index is 2.34. The van der Waals surface area contributed by atoms with Gasteiger partial charge in [-0.2, -0.15) is 15.8 Å². The Morgan fingerprint density at radius 3 is 1.84 bits per heavy atom. The van der Waals surface area contributed by atoms with Crippen LogP contribution in [0.3, 0.4) is 0 Å². The molecule has 0 radical (unpaired) electrons. The summed E-state index contributed by atoms with van der Waals surface area (Å²) in [5.41, 5.74) is 3.67. The van der Waals surface area contributed by atoms with Crippen LogP contribution < -0.4 is 0 Å². The van der Waals surface area contributed by atoms with Gasteiger partial charge in [0, 0.05) is 11.1 Å². The van der Waals surface area contributed by atoms with Crippen molar-refractivity contribution in [3.63, 3.8) is 0 Å². The molecule has 0 aliphatic carbocycles. The summed E-state index contributed by atoms with van der Waals surface area (Å²) in [7, 11) is 0. The lowest BCUT2D eigenvalue weighted by Gasteiger charge is -2.13. The summed E-state index contributed by atoms with van der Waals surface area (Å²) in [6.07, 6.45) is 0. The van der Waals surface area contributed by atoms with Crippen LogP contribution in [-0.4, -0.2) is 4.98 Å². The van der Waals surface area contributed by atoms with E-state index in [1.165, 1.54) is 0 Å². The molecular weight excluding hydrogens is 308 g/mol. The first-order valence-electron chi connectivity index (χ1n) is 7.63. The second-order valence-corrected chi connectivity index (χ2v) is 5.35. The highest BCUT2D eigenvalue weighted by Gasteiger charge is 2.21. The second-order valence-electron chi connectivity index (χ2n) is 5.35. The molecule has 0 spiro atoms. The molecule has 0 atom stereocenters. The van der Waals surface area contributed by atoms with Crippen molar-refractivity contribution in [1.82, 2.24) is 4.98 Å². The molecule has 25 heavy (non-hydrogen) atoms. The van der Waals surface area contributed by atoms with Crippen LogP contribution in [0.25, 0.3) is 22.4 Å². The number of aromatic nitrogens is 1. The average molecular weight is 320 g/mol. The van der Waals surface area contributed by atoms with Crippen molar-refractivity contribution in [3.05, 3.63) is 78.0 Å². The summed E-state index contributed by atoms with van der Waals surface area (Å²) >= 11 is 0. The standard InChI is InChI=1S/C21H12N4/c22-12-17-11-19(15-7-3-1-4-8-15)21(16-9-5-2-6-10-16)25-20(17)18(13-23)14-24/h1-11,18H. The van der Waals surface area contributed by atoms with Crippen molar-refractivity contribution in [1.29, 1.82) is 15.8 Å². The zero-order valence-electron chi connectivity index (χ0n) is 13.2. The lowest BCUT2D eigenvalue weighted by Crippen LogP contribution is -2.03. The predicted octanol–water partition coefficient (Wildman–Crippen LogP) is 4.42. The van der Waals surface area contributed by atoms with Crippen molar-refractivity contribution < 1.29 is 0 Å². The third-order valence-electron chi connectivity index (χ3n) is 3.84. The minimum Gasteiger partial charge on any atom is -0.248 e. The quantitative estimate of drug-likeness (QED) is 0.715. The van der Waals surface area contributed by atoms with Crippen molar-refractivity contribution >= 4 is 0 Å². The molecule has 0 fully saturated rings. The molecule has 116 valence electrons. The fourth-order valence-corrected chi connectivity index (χ4v) is 2.64. The van der Waals surface area contributed by atoms with Crippen LogP contribution in [0.5, 0.6) is 0 Å². The second kappa shape index (κ2) is 7.09. The van der Waals surface area contributed by atoms with E-state index < -0.39 is 5.92 Å². The molecule has 4 heteroatoms. The van der Waals surface area contributed by atoms with E-state index in [-0.39, 0.29) is 11.3 Å². The fourth-order valence-electron chi connectivity index (χ4n) is 2.64. The van der Waals surface area contributed by atoms with Gasteiger partial charge in [-0.1, -0.05) is 60.7 Å². The molecular formula is C21H12N4. The first kappa shape index (κ1) is 15.9. The van der Waals surface area contributed by atoms with Gasteiger partial charge in [0.25, 0.3) is 0 Å². The number of pyridine rings is 1. The van der Waals surface area contributed by atoms with Crippen LogP contribution in [0.2, 0.25) is 0 Å². The predicted molar refractivity (Wildman–Crippen MR) is 93.8 cm³/mol. The van der Waals surface area contributed by atoms with E-state index in [1.54, 1.807) is 6.07 Å². The van der Waals surface area contributed by atoms with E-state index >= 15 is 0 Å². The maximum Gasteiger partial charge on any atom is 0.176 e. The molecule has 4 nitrogen and oxygen atoms in total. The largest absolute Gasteiger partial charge is 0.248 e. The minimum absolute atomic E-state index is 0.200. The van der Waals surface area contributed by atoms with Gasteiger partial charge >= 0.3 is 0 Å². The number of hydrogen-bond acceptors (Lipinski definition) is 4. The number of nitriles is 3. The maximum absolute atomic E-state index is 9.48. The minimum atomic E-state index is -1.08. The van der Waals surface area contributed by atoms with Gasteiger partial charge < -0.3 is 0 Å². The normalized spacial score (nSPS) is 9.84. The number of benzene rings is 2. The molecule has 0 N–H and O–H groups in total. The van der Waals surface area contributed by atoms with E-state index in [2.05, 4.69) is 11.1 Å². The van der Waals surface area contributed by atoms with E-state index in [0.29, 0.717) is 5.69 Å². The van der Waals surface area contributed by atoms with Crippen molar-refractivity contribution in [3.8, 4) is 40.6 Å². The van der Waals surface area contributed by atoms with Crippen molar-refractivity contribution in [2.45, 2.75) is 5.92 Å². The molecule has 0 aliphatic heterocycles. The van der Waals surface area contributed by atoms with Crippen LogP contribution >= 0.6 is 0 Å². The summed E-state index contributed by atoms with van der Waals surface area (Å²) < 4.78 is 0. The fraction of sp³-hybridized carbons (Fsp3) is 0.0476. The molecule has 0 amide bonds. The van der Waals surface area contributed by atoms with E-state index in [4.69, 9.17) is 0 Å². The Morgan fingerprint density at radius 1 is 0.760 bits per heavy atom. The number of rotatable bonds is 3. The Morgan fingerprint density at radius 2 is 1.32 bits per heavy atom. The summed E-state index contributed by atoms with van der Waals surface area (Å²) in [6.45, 7) is 0. The van der Waals surface area contributed by atoms with E-state index in [1.807, 2.05) is 72.8 Å². The van der Waals surface area contributed by atoms with E-state index in [9.17, 15) is 15.8 Å². The molecule has 1 aromatic heterocycles. The molecule has 0 bridgehead atoms. The maximum atomic E-state index is 9.48. The van der Waals surface area contributed by atoms with Crippen LogP contribution in [0.4, 0.5) is 0 Å². The van der Waals surface area contributed by atoms with Gasteiger partial charge in [0.15, 0.2) is 5.92 Å². The Bertz CT molecular complexity index is 1010. The first-order valence-corrected chi connectivity index (χ1v) is 7.63. The third kappa shape index (κ3) is 3.08. The highest BCUT2D eigenvalue weighted by Crippen LogP contribution is 2.33. The van der Waals surface area contributed by atoms with Gasteiger partial charge in [0.1, 0.15) is 6.07 Å². The molecule has 2 aromatic carbocycles. The Hall–Kier alpha value is -3.94. The lowest BCUT2D eigenvalue weighted by molar-refractivity contribution is 1.01. The van der Waals surface area contributed by atoms with Gasteiger partial charge in [-0.3, -0.25) is 0 Å². The van der Waals surface area contributed by atoms with Crippen molar-refractivity contribution in [2.24, 2.45) is 0 Å². The summed E-state index contributed by atoms with van der Waals surface area (Å²) in [5, 5.41) is 27.9. The van der Waals surface area contributed by atoms with Crippen LogP contribution in [0, 0.1) is 34.0 Å². The highest BCUT2D eigenvalue weighted by molar-refractivity contribution is 5.82. The van der Waals surface area contributed by atoms with Gasteiger partial charge in [-0.05, 0) is 11.6 Å². The average Bonchev–Trinajstić information content (AvgIpc) is 2.70. The Labute approximate surface area is 145 Å². The molecule has 1 heterocycles. The summed E-state index contributed by atoms with van der Waals surface area (Å²) in [4.78, 5) is 4.56. The molecule has 3 aromatic rings. The first-order chi connectivity index (χ1) is 12.3. The monoisotopic (exact) mass is 320 g/mol. The van der Waals surface area contributed by atoms with Gasteiger partial charge in [0.2, 0.25) is 0 Å². The SMILES string of the molecule is N#Cc1cc(-c2ccccc2)c(-c2ccccc2)nc1C(C#N)C#N. The van der Waals surface area contributed by atoms with Gasteiger partial charge in [-0.15, -0.1) is 0 Å². The third-order valence-corrected chi connectivity index (χ3v) is 3.84. The zero-order chi connectivity index (χ0) is 17.6. The van der Waals surface area contributed by atoms with Crippen LogP contribution in [-0.2, 0) is 0 Å². The molecule has 0 aliphatic rings. The molecule has 0 saturated carbocycles. The highest BCUT2D eigenvalue weighted by atomic mass is 14.7. The topological polar surface area (TPSA) is 84.3 Å². The zero-order valence-corrected chi connectivity index (χ0v) is 13.2.